The molecule has 1 unspecified atom stereocenters. The summed E-state index contributed by atoms with van der Waals surface area (Å²) in [7, 11) is 3.23. The van der Waals surface area contributed by atoms with E-state index in [9.17, 15) is 9.59 Å². The number of nitrogens with zero attached hydrogens (tertiary/aromatic N) is 3. The number of hydrogen-bond donors (Lipinski definition) is 2. The lowest BCUT2D eigenvalue weighted by atomic mass is 10.3. The van der Waals surface area contributed by atoms with Crippen molar-refractivity contribution in [3.05, 3.63) is 17.8 Å². The smallest absolute Gasteiger partial charge is 0.325 e. The fourth-order valence-electron chi connectivity index (χ4n) is 1.04. The second-order valence-electron chi connectivity index (χ2n) is 3.71. The molecule has 0 spiro atoms. The molecule has 1 aromatic rings. The minimum absolute atomic E-state index is 0.212. The molecule has 0 aliphatic carbocycles. The summed E-state index contributed by atoms with van der Waals surface area (Å²) in [6, 6.07) is 2.25. The number of nitrogens with one attached hydrogen (secondary N) is 1. The van der Waals surface area contributed by atoms with E-state index in [1.165, 1.54) is 24.0 Å². The highest BCUT2D eigenvalue weighted by atomic mass is 16.4. The van der Waals surface area contributed by atoms with Gasteiger partial charge in [-0.05, 0) is 19.1 Å². The van der Waals surface area contributed by atoms with Crippen molar-refractivity contribution in [2.24, 2.45) is 0 Å². The molecule has 1 heterocycles. The molecule has 2 N–H and O–H groups in total. The predicted molar refractivity (Wildman–Crippen MR) is 60.8 cm³/mol. The summed E-state index contributed by atoms with van der Waals surface area (Å²) in [5.74, 6) is -0.925. The Kier molecular flexibility index (Phi) is 3.97. The van der Waals surface area contributed by atoms with Crippen LogP contribution in [0.2, 0.25) is 0 Å². The van der Waals surface area contributed by atoms with Crippen LogP contribution >= 0.6 is 0 Å². The lowest BCUT2D eigenvalue weighted by Gasteiger charge is -2.11. The van der Waals surface area contributed by atoms with E-state index in [1.807, 2.05) is 0 Å². The fraction of sp³-hybridized carbons (Fsp3) is 0.400. The highest BCUT2D eigenvalue weighted by Crippen LogP contribution is 2.05. The predicted octanol–water partition coefficient (Wildman–Crippen LogP) is 0.0634. The fourth-order valence-corrected chi connectivity index (χ4v) is 1.04. The quantitative estimate of drug-likeness (QED) is 0.770. The van der Waals surface area contributed by atoms with Crippen molar-refractivity contribution in [3.8, 4) is 0 Å². The van der Waals surface area contributed by atoms with E-state index >= 15 is 0 Å². The number of carbonyl (C=O) groups is 2. The molecule has 7 nitrogen and oxygen atoms in total. The molecule has 1 amide bonds. The average Bonchev–Trinajstić information content (AvgIpc) is 2.28. The van der Waals surface area contributed by atoms with Crippen molar-refractivity contribution < 1.29 is 14.7 Å². The van der Waals surface area contributed by atoms with Crippen LogP contribution in [0.5, 0.6) is 0 Å². The van der Waals surface area contributed by atoms with Gasteiger partial charge in [0.25, 0.3) is 5.91 Å². The van der Waals surface area contributed by atoms with Gasteiger partial charge in [0.15, 0.2) is 5.69 Å². The normalized spacial score (nSPS) is 11.7. The number of carboxylic acids is 1. The van der Waals surface area contributed by atoms with Gasteiger partial charge in [-0.25, -0.2) is 0 Å². The molecule has 1 rings (SSSR count). The summed E-state index contributed by atoms with van der Waals surface area (Å²) in [6.07, 6.45) is 0. The van der Waals surface area contributed by atoms with Gasteiger partial charge < -0.3 is 15.3 Å². The number of amides is 1. The van der Waals surface area contributed by atoms with Crippen LogP contribution in [0.15, 0.2) is 12.1 Å². The Morgan fingerprint density at radius 3 is 2.41 bits per heavy atom. The third-order valence-corrected chi connectivity index (χ3v) is 2.02. The molecular weight excluding hydrogens is 224 g/mol. The number of rotatable bonds is 4. The summed E-state index contributed by atoms with van der Waals surface area (Å²) < 4.78 is 0. The van der Waals surface area contributed by atoms with Crippen LogP contribution in [-0.2, 0) is 4.79 Å². The first-order chi connectivity index (χ1) is 7.91. The van der Waals surface area contributed by atoms with Gasteiger partial charge in [0.2, 0.25) is 0 Å². The summed E-state index contributed by atoms with van der Waals surface area (Å²) in [5, 5.41) is 18.8. The molecule has 0 saturated heterocycles. The molecule has 0 radical (unpaired) electrons. The van der Waals surface area contributed by atoms with Gasteiger partial charge in [-0.1, -0.05) is 0 Å². The molecular formula is C10H14N4O3. The Labute approximate surface area is 98.5 Å². The van der Waals surface area contributed by atoms with Gasteiger partial charge in [0, 0.05) is 14.1 Å². The molecule has 0 aliphatic rings. The van der Waals surface area contributed by atoms with E-state index in [1.54, 1.807) is 14.1 Å². The number of aliphatic carboxylic acids is 1. The highest BCUT2D eigenvalue weighted by Gasteiger charge is 2.13. The van der Waals surface area contributed by atoms with Crippen LogP contribution in [-0.4, -0.2) is 52.2 Å². The van der Waals surface area contributed by atoms with Crippen LogP contribution in [0.25, 0.3) is 0 Å². The maximum atomic E-state index is 11.5. The first-order valence-corrected chi connectivity index (χ1v) is 4.96. The Balaban J connectivity index is 2.75. The van der Waals surface area contributed by atoms with E-state index in [0.29, 0.717) is 5.82 Å². The molecule has 92 valence electrons. The first-order valence-electron chi connectivity index (χ1n) is 4.96. The Hall–Kier alpha value is -2.18. The molecule has 0 aliphatic heterocycles. The zero-order chi connectivity index (χ0) is 13.0. The molecule has 1 atom stereocenters. The van der Waals surface area contributed by atoms with Crippen molar-refractivity contribution in [2.75, 3.05) is 19.4 Å². The molecule has 0 saturated carbocycles. The lowest BCUT2D eigenvalue weighted by Crippen LogP contribution is -2.27. The number of carboxylic acid groups (broad SMARTS) is 1. The van der Waals surface area contributed by atoms with Crippen LogP contribution in [0.4, 0.5) is 5.82 Å². The molecule has 17 heavy (non-hydrogen) atoms. The SMILES string of the molecule is CC(Nc1ccc(C(=O)N(C)C)nn1)C(=O)O. The number of carbonyl (C=O) groups excluding carboxylic acids is 1. The Morgan fingerprint density at radius 2 is 2.00 bits per heavy atom. The van der Waals surface area contributed by atoms with Gasteiger partial charge in [-0.15, -0.1) is 10.2 Å². The number of anilines is 1. The van der Waals surface area contributed by atoms with Crippen molar-refractivity contribution in [1.82, 2.24) is 15.1 Å². The van der Waals surface area contributed by atoms with Crippen molar-refractivity contribution in [1.29, 1.82) is 0 Å². The van der Waals surface area contributed by atoms with Crippen molar-refractivity contribution >= 4 is 17.7 Å². The van der Waals surface area contributed by atoms with E-state index in [0.717, 1.165) is 0 Å². The van der Waals surface area contributed by atoms with Crippen LogP contribution < -0.4 is 5.32 Å². The summed E-state index contributed by atoms with van der Waals surface area (Å²) in [5.41, 5.74) is 0.212. The zero-order valence-electron chi connectivity index (χ0n) is 9.84. The van der Waals surface area contributed by atoms with Crippen molar-refractivity contribution in [3.63, 3.8) is 0 Å². The van der Waals surface area contributed by atoms with Gasteiger partial charge in [0.1, 0.15) is 11.9 Å². The molecule has 0 fully saturated rings. The third-order valence-electron chi connectivity index (χ3n) is 2.02. The maximum absolute atomic E-state index is 11.5. The summed E-state index contributed by atoms with van der Waals surface area (Å²) in [4.78, 5) is 23.5. The largest absolute Gasteiger partial charge is 0.480 e. The van der Waals surface area contributed by atoms with E-state index in [4.69, 9.17) is 5.11 Å². The van der Waals surface area contributed by atoms with E-state index < -0.39 is 12.0 Å². The lowest BCUT2D eigenvalue weighted by molar-refractivity contribution is -0.137. The number of aromatic nitrogens is 2. The monoisotopic (exact) mass is 238 g/mol. The first kappa shape index (κ1) is 12.9. The van der Waals surface area contributed by atoms with Crippen LogP contribution in [0.3, 0.4) is 0 Å². The van der Waals surface area contributed by atoms with Gasteiger partial charge >= 0.3 is 5.97 Å². The second kappa shape index (κ2) is 5.24. The van der Waals surface area contributed by atoms with Gasteiger partial charge in [-0.3, -0.25) is 9.59 Å². The third kappa shape index (κ3) is 3.40. The zero-order valence-corrected chi connectivity index (χ0v) is 9.84. The Bertz CT molecular complexity index is 416. The minimum Gasteiger partial charge on any atom is -0.480 e. The van der Waals surface area contributed by atoms with Gasteiger partial charge in [-0.2, -0.15) is 0 Å². The van der Waals surface area contributed by atoms with E-state index in [2.05, 4.69) is 15.5 Å². The van der Waals surface area contributed by atoms with Crippen molar-refractivity contribution in [2.45, 2.75) is 13.0 Å². The Morgan fingerprint density at radius 1 is 1.35 bits per heavy atom. The molecule has 7 heteroatoms. The minimum atomic E-state index is -0.986. The molecule has 1 aromatic heterocycles. The van der Waals surface area contributed by atoms with Crippen LogP contribution in [0.1, 0.15) is 17.4 Å². The average molecular weight is 238 g/mol. The number of hydrogen-bond acceptors (Lipinski definition) is 5. The standard InChI is InChI=1S/C10H14N4O3/c1-6(10(16)17)11-8-5-4-7(12-13-8)9(15)14(2)3/h4-6H,1-3H3,(H,11,13)(H,16,17). The maximum Gasteiger partial charge on any atom is 0.325 e. The van der Waals surface area contributed by atoms with Gasteiger partial charge in [0.05, 0.1) is 0 Å². The highest BCUT2D eigenvalue weighted by molar-refractivity contribution is 5.91. The summed E-state index contributed by atoms with van der Waals surface area (Å²) in [6.45, 7) is 1.49. The topological polar surface area (TPSA) is 95.4 Å². The second-order valence-corrected chi connectivity index (χ2v) is 3.71. The molecule has 0 aromatic carbocycles. The van der Waals surface area contributed by atoms with Crippen LogP contribution in [0, 0.1) is 0 Å². The van der Waals surface area contributed by atoms with E-state index in [-0.39, 0.29) is 11.6 Å². The molecule has 0 bridgehead atoms. The summed E-state index contributed by atoms with van der Waals surface area (Å²) >= 11 is 0.